The summed E-state index contributed by atoms with van der Waals surface area (Å²) in [4.78, 5) is 22.7. The number of anilines is 2. The van der Waals surface area contributed by atoms with Crippen molar-refractivity contribution in [2.45, 2.75) is 19.1 Å². The average Bonchev–Trinajstić information content (AvgIpc) is 2.73. The van der Waals surface area contributed by atoms with Gasteiger partial charge in [-0.05, 0) is 35.7 Å². The predicted molar refractivity (Wildman–Crippen MR) is 102 cm³/mol. The molecule has 0 atom stereocenters. The van der Waals surface area contributed by atoms with Crippen LogP contribution in [0.15, 0.2) is 60.9 Å². The zero-order valence-corrected chi connectivity index (χ0v) is 15.3. The highest BCUT2D eigenvalue weighted by molar-refractivity contribution is 5.92. The third kappa shape index (κ3) is 4.21. The van der Waals surface area contributed by atoms with Gasteiger partial charge in [-0.3, -0.25) is 4.79 Å². The smallest absolute Gasteiger partial charge is 0.339 e. The molecule has 0 spiro atoms. The van der Waals surface area contributed by atoms with Crippen molar-refractivity contribution in [1.82, 2.24) is 14.9 Å². The molecule has 0 radical (unpaired) electrons. The molecule has 29 heavy (non-hydrogen) atoms. The van der Waals surface area contributed by atoms with Gasteiger partial charge in [0.1, 0.15) is 11.5 Å². The number of rotatable bonds is 3. The van der Waals surface area contributed by atoms with Gasteiger partial charge in [-0.2, -0.15) is 13.2 Å². The molecule has 0 bridgehead atoms. The van der Waals surface area contributed by atoms with E-state index in [1.807, 2.05) is 18.2 Å². The summed E-state index contributed by atoms with van der Waals surface area (Å²) in [5, 5.41) is 2.78. The third-order valence-corrected chi connectivity index (χ3v) is 4.75. The molecule has 1 amide bonds. The Bertz CT molecular complexity index is 1030. The summed E-state index contributed by atoms with van der Waals surface area (Å²) in [6.45, 7) is 1.11. The van der Waals surface area contributed by atoms with Crippen molar-refractivity contribution in [3.05, 3.63) is 83.3 Å². The number of halogens is 3. The van der Waals surface area contributed by atoms with Crippen molar-refractivity contribution in [3.8, 4) is 0 Å². The molecule has 2 heterocycles. The summed E-state index contributed by atoms with van der Waals surface area (Å²) in [5.74, 6) is 0.0301. The van der Waals surface area contributed by atoms with Crippen LogP contribution in [0, 0.1) is 0 Å². The molecule has 5 nitrogen and oxygen atoms in total. The van der Waals surface area contributed by atoms with Gasteiger partial charge in [0.05, 0.1) is 18.0 Å². The van der Waals surface area contributed by atoms with Crippen LogP contribution in [0.4, 0.5) is 24.7 Å². The molecule has 0 aliphatic carbocycles. The minimum Gasteiger partial charge on any atom is -0.339 e. The molecular weight excluding hydrogens is 381 g/mol. The third-order valence-electron chi connectivity index (χ3n) is 4.75. The summed E-state index contributed by atoms with van der Waals surface area (Å²) in [6.07, 6.45) is -0.971. The Morgan fingerprint density at radius 2 is 1.79 bits per heavy atom. The van der Waals surface area contributed by atoms with E-state index in [-0.39, 0.29) is 23.1 Å². The summed E-state index contributed by atoms with van der Waals surface area (Å²) in [7, 11) is 0. The number of carbonyl (C=O) groups is 1. The summed E-state index contributed by atoms with van der Waals surface area (Å²) >= 11 is 0. The Labute approximate surface area is 165 Å². The fraction of sp³-hybridized carbons (Fsp3) is 0.190. The van der Waals surface area contributed by atoms with E-state index in [0.29, 0.717) is 13.1 Å². The van der Waals surface area contributed by atoms with E-state index in [9.17, 15) is 18.0 Å². The van der Waals surface area contributed by atoms with Gasteiger partial charge in [-0.1, -0.05) is 30.3 Å². The van der Waals surface area contributed by atoms with E-state index in [1.54, 1.807) is 4.90 Å². The van der Waals surface area contributed by atoms with Crippen LogP contribution in [0.5, 0.6) is 0 Å². The number of hydrogen-bond acceptors (Lipinski definition) is 4. The second-order valence-electron chi connectivity index (χ2n) is 6.74. The van der Waals surface area contributed by atoms with Crippen molar-refractivity contribution in [2.24, 2.45) is 0 Å². The first-order valence-electron chi connectivity index (χ1n) is 9.02. The Balaban J connectivity index is 1.45. The van der Waals surface area contributed by atoms with E-state index in [2.05, 4.69) is 21.4 Å². The van der Waals surface area contributed by atoms with Crippen LogP contribution in [-0.2, 0) is 19.1 Å². The van der Waals surface area contributed by atoms with E-state index in [4.69, 9.17) is 0 Å². The van der Waals surface area contributed by atoms with Crippen molar-refractivity contribution in [3.63, 3.8) is 0 Å². The molecule has 3 aromatic rings. The van der Waals surface area contributed by atoms with Gasteiger partial charge in [0.15, 0.2) is 0 Å². The lowest BCUT2D eigenvalue weighted by atomic mass is 10.00. The standard InChI is InChI=1S/C21H17F3N4O/c22-21(23,24)16-6-3-7-17(10-16)27-19-12-25-18(11-26-19)20(29)28-9-8-14-4-1-2-5-15(14)13-28/h1-7,10-12H,8-9,13H2,(H,26,27). The lowest BCUT2D eigenvalue weighted by molar-refractivity contribution is -0.137. The summed E-state index contributed by atoms with van der Waals surface area (Å²) < 4.78 is 38.5. The van der Waals surface area contributed by atoms with Gasteiger partial charge >= 0.3 is 6.18 Å². The van der Waals surface area contributed by atoms with Gasteiger partial charge in [0.25, 0.3) is 5.91 Å². The number of alkyl halides is 3. The molecule has 148 valence electrons. The number of carbonyl (C=O) groups excluding carboxylic acids is 1. The van der Waals surface area contributed by atoms with Crippen LogP contribution >= 0.6 is 0 Å². The first-order chi connectivity index (χ1) is 13.9. The molecule has 0 saturated carbocycles. The lowest BCUT2D eigenvalue weighted by Crippen LogP contribution is -2.36. The van der Waals surface area contributed by atoms with Crippen molar-refractivity contribution < 1.29 is 18.0 Å². The zero-order chi connectivity index (χ0) is 20.4. The molecule has 8 heteroatoms. The second-order valence-corrected chi connectivity index (χ2v) is 6.74. The van der Waals surface area contributed by atoms with E-state index in [0.717, 1.165) is 24.1 Å². The fourth-order valence-electron chi connectivity index (χ4n) is 3.26. The highest BCUT2D eigenvalue weighted by Gasteiger charge is 2.30. The first kappa shape index (κ1) is 18.9. The highest BCUT2D eigenvalue weighted by Crippen LogP contribution is 2.31. The topological polar surface area (TPSA) is 58.1 Å². The second kappa shape index (κ2) is 7.54. The first-order valence-corrected chi connectivity index (χ1v) is 9.02. The lowest BCUT2D eigenvalue weighted by Gasteiger charge is -2.28. The van der Waals surface area contributed by atoms with Crippen LogP contribution in [0.25, 0.3) is 0 Å². The Kier molecular flexibility index (Phi) is 4.92. The number of fused-ring (bicyclic) bond motifs is 1. The van der Waals surface area contributed by atoms with Crippen LogP contribution in [0.2, 0.25) is 0 Å². The fourth-order valence-corrected chi connectivity index (χ4v) is 3.26. The highest BCUT2D eigenvalue weighted by atomic mass is 19.4. The van der Waals surface area contributed by atoms with Crippen molar-refractivity contribution >= 4 is 17.4 Å². The van der Waals surface area contributed by atoms with Crippen LogP contribution < -0.4 is 5.32 Å². The molecule has 0 unspecified atom stereocenters. The Morgan fingerprint density at radius 1 is 1.00 bits per heavy atom. The minimum absolute atomic E-state index is 0.193. The Hall–Kier alpha value is -3.42. The predicted octanol–water partition coefficient (Wildman–Crippen LogP) is 4.44. The number of benzene rings is 2. The van der Waals surface area contributed by atoms with Crippen molar-refractivity contribution in [2.75, 3.05) is 11.9 Å². The van der Waals surface area contributed by atoms with E-state index in [1.165, 1.54) is 30.1 Å². The maximum absolute atomic E-state index is 12.8. The molecule has 4 rings (SSSR count). The largest absolute Gasteiger partial charge is 0.416 e. The van der Waals surface area contributed by atoms with Crippen molar-refractivity contribution in [1.29, 1.82) is 0 Å². The molecular formula is C21H17F3N4O. The van der Waals surface area contributed by atoms with Gasteiger partial charge in [0.2, 0.25) is 0 Å². The van der Waals surface area contributed by atoms with Gasteiger partial charge in [-0.15, -0.1) is 0 Å². The number of hydrogen-bond donors (Lipinski definition) is 1. The molecule has 1 N–H and O–H groups in total. The van der Waals surface area contributed by atoms with E-state index < -0.39 is 11.7 Å². The van der Waals surface area contributed by atoms with Gasteiger partial charge in [-0.25, -0.2) is 9.97 Å². The molecule has 0 fully saturated rings. The van der Waals surface area contributed by atoms with E-state index >= 15 is 0 Å². The van der Waals surface area contributed by atoms with Crippen LogP contribution in [0.3, 0.4) is 0 Å². The molecule has 1 aromatic heterocycles. The summed E-state index contributed by atoms with van der Waals surface area (Å²) in [6, 6.07) is 12.8. The molecule has 1 aliphatic heterocycles. The minimum atomic E-state index is -4.42. The molecule has 2 aromatic carbocycles. The number of nitrogens with zero attached hydrogens (tertiary/aromatic N) is 3. The van der Waals surface area contributed by atoms with Crippen LogP contribution in [0.1, 0.15) is 27.2 Å². The molecule has 1 aliphatic rings. The number of nitrogens with one attached hydrogen (secondary N) is 1. The van der Waals surface area contributed by atoms with Gasteiger partial charge in [0, 0.05) is 18.8 Å². The summed E-state index contributed by atoms with van der Waals surface area (Å²) in [5.41, 5.74) is 2.03. The average molecular weight is 398 g/mol. The normalized spacial score (nSPS) is 13.7. The molecule has 0 saturated heterocycles. The quantitative estimate of drug-likeness (QED) is 0.709. The van der Waals surface area contributed by atoms with Gasteiger partial charge < -0.3 is 10.2 Å². The maximum atomic E-state index is 12.8. The zero-order valence-electron chi connectivity index (χ0n) is 15.3. The maximum Gasteiger partial charge on any atom is 0.416 e. The van der Waals surface area contributed by atoms with Crippen LogP contribution in [-0.4, -0.2) is 27.3 Å². The number of aromatic nitrogens is 2. The Morgan fingerprint density at radius 3 is 2.52 bits per heavy atom. The number of amides is 1. The SMILES string of the molecule is O=C(c1cnc(Nc2cccc(C(F)(F)F)c2)cn1)N1CCc2ccccc2C1. The monoisotopic (exact) mass is 398 g/mol.